The van der Waals surface area contributed by atoms with Gasteiger partial charge in [-0.15, -0.1) is 5.10 Å². The number of anilines is 1. The van der Waals surface area contributed by atoms with E-state index in [-0.39, 0.29) is 12.1 Å². The number of fused-ring (bicyclic) bond motifs is 3. The number of hydrogen-bond donors (Lipinski definition) is 1. The number of para-hydroxylation sites is 1. The van der Waals surface area contributed by atoms with Gasteiger partial charge in [0.1, 0.15) is 29.4 Å². The summed E-state index contributed by atoms with van der Waals surface area (Å²) >= 11 is 1.52. The SMILES string of the molecule is COc1ccc([C@@H]2C3=C(Nc4nc(SC)nn42)c2ccccc2O[C@H]3c2cccc(OC)c2)cc1. The molecule has 7 nitrogen and oxygen atoms in total. The minimum absolute atomic E-state index is 0.231. The molecule has 1 aromatic heterocycles. The summed E-state index contributed by atoms with van der Waals surface area (Å²) in [5.74, 6) is 3.10. The molecule has 35 heavy (non-hydrogen) atoms. The Morgan fingerprint density at radius 1 is 0.914 bits per heavy atom. The van der Waals surface area contributed by atoms with E-state index in [2.05, 4.69) is 29.6 Å². The van der Waals surface area contributed by atoms with Gasteiger partial charge >= 0.3 is 0 Å². The Morgan fingerprint density at radius 2 is 1.71 bits per heavy atom. The third kappa shape index (κ3) is 3.61. The van der Waals surface area contributed by atoms with Crippen molar-refractivity contribution < 1.29 is 14.2 Å². The molecule has 0 radical (unpaired) electrons. The molecule has 0 saturated heterocycles. The van der Waals surface area contributed by atoms with E-state index in [9.17, 15) is 0 Å². The normalized spacial score (nSPS) is 18.0. The van der Waals surface area contributed by atoms with E-state index in [0.29, 0.717) is 11.1 Å². The quantitative estimate of drug-likeness (QED) is 0.371. The van der Waals surface area contributed by atoms with Gasteiger partial charge in [0.25, 0.3) is 0 Å². The molecular formula is C27H24N4O3S. The van der Waals surface area contributed by atoms with E-state index in [1.165, 1.54) is 11.8 Å². The summed E-state index contributed by atoms with van der Waals surface area (Å²) in [6.45, 7) is 0. The first-order valence-corrected chi connectivity index (χ1v) is 12.5. The summed E-state index contributed by atoms with van der Waals surface area (Å²) < 4.78 is 19.6. The van der Waals surface area contributed by atoms with E-state index >= 15 is 0 Å². The van der Waals surface area contributed by atoms with Crippen molar-refractivity contribution in [2.24, 2.45) is 0 Å². The van der Waals surface area contributed by atoms with Gasteiger partial charge < -0.3 is 19.5 Å². The van der Waals surface area contributed by atoms with E-state index < -0.39 is 0 Å². The van der Waals surface area contributed by atoms with E-state index in [1.807, 2.05) is 59.5 Å². The lowest BCUT2D eigenvalue weighted by Gasteiger charge is -2.39. The second-order valence-corrected chi connectivity index (χ2v) is 9.04. The number of rotatable bonds is 5. The van der Waals surface area contributed by atoms with Crippen molar-refractivity contribution in [1.82, 2.24) is 14.8 Å². The van der Waals surface area contributed by atoms with Crippen molar-refractivity contribution in [2.45, 2.75) is 17.3 Å². The van der Waals surface area contributed by atoms with Crippen molar-refractivity contribution in [3.63, 3.8) is 0 Å². The Kier molecular flexibility index (Phi) is 5.37. The minimum atomic E-state index is -0.357. The van der Waals surface area contributed by atoms with Crippen LogP contribution in [0, 0.1) is 0 Å². The van der Waals surface area contributed by atoms with Crippen LogP contribution in [0.25, 0.3) is 5.70 Å². The molecule has 2 aliphatic rings. The molecule has 4 aromatic rings. The van der Waals surface area contributed by atoms with Crippen molar-refractivity contribution in [2.75, 3.05) is 25.8 Å². The molecule has 0 unspecified atom stereocenters. The smallest absolute Gasteiger partial charge is 0.227 e. The Hall–Kier alpha value is -3.91. The fraction of sp³-hybridized carbons (Fsp3) is 0.185. The topological polar surface area (TPSA) is 70.4 Å². The second kappa shape index (κ2) is 8.70. The fourth-order valence-electron chi connectivity index (χ4n) is 4.73. The maximum absolute atomic E-state index is 6.69. The first-order valence-electron chi connectivity index (χ1n) is 11.3. The lowest BCUT2D eigenvalue weighted by Crippen LogP contribution is -2.32. The highest BCUT2D eigenvalue weighted by atomic mass is 32.2. The van der Waals surface area contributed by atoms with Gasteiger partial charge in [0, 0.05) is 16.7 Å². The summed E-state index contributed by atoms with van der Waals surface area (Å²) in [6.07, 6.45) is 1.62. The number of aromatic nitrogens is 3. The lowest BCUT2D eigenvalue weighted by molar-refractivity contribution is 0.222. The van der Waals surface area contributed by atoms with E-state index in [4.69, 9.17) is 24.3 Å². The van der Waals surface area contributed by atoms with Crippen molar-refractivity contribution in [3.8, 4) is 17.2 Å². The highest BCUT2D eigenvalue weighted by Crippen LogP contribution is 2.51. The van der Waals surface area contributed by atoms with Crippen LogP contribution in [0.1, 0.15) is 28.8 Å². The minimum Gasteiger partial charge on any atom is -0.497 e. The van der Waals surface area contributed by atoms with Gasteiger partial charge in [-0.25, -0.2) is 4.68 Å². The van der Waals surface area contributed by atoms with Gasteiger partial charge in [0.15, 0.2) is 0 Å². The Labute approximate surface area is 207 Å². The summed E-state index contributed by atoms with van der Waals surface area (Å²) in [6, 6.07) is 24.0. The highest BCUT2D eigenvalue weighted by molar-refractivity contribution is 7.98. The average molecular weight is 485 g/mol. The number of benzene rings is 3. The first-order chi connectivity index (χ1) is 17.2. The molecule has 1 N–H and O–H groups in total. The molecule has 0 bridgehead atoms. The third-order valence-electron chi connectivity index (χ3n) is 6.37. The van der Waals surface area contributed by atoms with Crippen molar-refractivity contribution >= 4 is 23.4 Å². The molecule has 3 heterocycles. The summed E-state index contributed by atoms with van der Waals surface area (Å²) in [5, 5.41) is 9.13. The number of hydrogen-bond acceptors (Lipinski definition) is 7. The number of nitrogens with one attached hydrogen (secondary N) is 1. The zero-order valence-electron chi connectivity index (χ0n) is 19.6. The average Bonchev–Trinajstić information content (AvgIpc) is 3.34. The Balaban J connectivity index is 1.61. The van der Waals surface area contributed by atoms with Crippen LogP contribution in [-0.4, -0.2) is 35.2 Å². The molecule has 0 amide bonds. The fourth-order valence-corrected chi connectivity index (χ4v) is 5.08. The van der Waals surface area contributed by atoms with E-state index in [0.717, 1.165) is 45.2 Å². The molecule has 3 aromatic carbocycles. The van der Waals surface area contributed by atoms with Crippen LogP contribution >= 0.6 is 11.8 Å². The summed E-state index contributed by atoms with van der Waals surface area (Å²) in [4.78, 5) is 4.75. The number of ether oxygens (including phenoxy) is 3. The number of nitrogens with zero attached hydrogens (tertiary/aromatic N) is 3. The molecule has 0 aliphatic carbocycles. The summed E-state index contributed by atoms with van der Waals surface area (Å²) in [7, 11) is 3.35. The second-order valence-electron chi connectivity index (χ2n) is 8.27. The molecular weight excluding hydrogens is 460 g/mol. The Bertz CT molecular complexity index is 1430. The van der Waals surface area contributed by atoms with Crippen molar-refractivity contribution in [3.05, 3.63) is 95.1 Å². The first kappa shape index (κ1) is 21.6. The van der Waals surface area contributed by atoms with Gasteiger partial charge in [-0.2, -0.15) is 4.98 Å². The van der Waals surface area contributed by atoms with Gasteiger partial charge in [-0.1, -0.05) is 48.2 Å². The van der Waals surface area contributed by atoms with Crippen LogP contribution in [0.3, 0.4) is 0 Å². The van der Waals surface area contributed by atoms with Crippen LogP contribution in [0.5, 0.6) is 17.2 Å². The maximum Gasteiger partial charge on any atom is 0.227 e. The molecule has 0 fully saturated rings. The zero-order chi connectivity index (χ0) is 23.9. The van der Waals surface area contributed by atoms with Crippen molar-refractivity contribution in [1.29, 1.82) is 0 Å². The van der Waals surface area contributed by atoms with Gasteiger partial charge in [-0.3, -0.25) is 0 Å². The molecule has 2 aliphatic heterocycles. The van der Waals surface area contributed by atoms with E-state index in [1.54, 1.807) is 14.2 Å². The van der Waals surface area contributed by atoms with Gasteiger partial charge in [-0.05, 0) is 48.2 Å². The monoisotopic (exact) mass is 484 g/mol. The van der Waals surface area contributed by atoms with Crippen LogP contribution in [0.4, 0.5) is 5.95 Å². The van der Waals surface area contributed by atoms with Gasteiger partial charge in [0.2, 0.25) is 11.1 Å². The van der Waals surface area contributed by atoms with Crippen LogP contribution < -0.4 is 19.5 Å². The largest absolute Gasteiger partial charge is 0.497 e. The molecule has 0 spiro atoms. The molecule has 2 atom stereocenters. The highest BCUT2D eigenvalue weighted by Gasteiger charge is 2.41. The lowest BCUT2D eigenvalue weighted by atomic mass is 9.84. The van der Waals surface area contributed by atoms with Gasteiger partial charge in [0.05, 0.1) is 19.9 Å². The molecule has 8 heteroatoms. The molecule has 6 rings (SSSR count). The third-order valence-corrected chi connectivity index (χ3v) is 6.91. The summed E-state index contributed by atoms with van der Waals surface area (Å²) in [5.41, 5.74) is 5.12. The standard InChI is InChI=1S/C27H24N4O3S/c1-32-18-13-11-16(12-14-18)24-22-23(28-26-29-27(35-3)30-31(24)26)20-9-4-5-10-21(20)34-25(22)17-7-6-8-19(15-17)33-2/h4-15,24-25H,1-3H3,(H,28,29,30)/t24-,25+/m1/s1. The predicted molar refractivity (Wildman–Crippen MR) is 136 cm³/mol. The predicted octanol–water partition coefficient (Wildman–Crippen LogP) is 5.58. The number of methoxy groups -OCH3 is 2. The van der Waals surface area contributed by atoms with Crippen LogP contribution in [0.15, 0.2) is 83.5 Å². The van der Waals surface area contributed by atoms with Crippen LogP contribution in [-0.2, 0) is 0 Å². The Morgan fingerprint density at radius 3 is 2.49 bits per heavy atom. The number of thioether (sulfide) groups is 1. The molecule has 0 saturated carbocycles. The molecule has 176 valence electrons. The zero-order valence-corrected chi connectivity index (χ0v) is 20.4. The van der Waals surface area contributed by atoms with Crippen LogP contribution in [0.2, 0.25) is 0 Å². The maximum atomic E-state index is 6.69.